The highest BCUT2D eigenvalue weighted by molar-refractivity contribution is 5.89. The Bertz CT molecular complexity index is 810. The van der Waals surface area contributed by atoms with Gasteiger partial charge in [-0.3, -0.25) is 0 Å². The van der Waals surface area contributed by atoms with Crippen molar-refractivity contribution in [1.82, 2.24) is 4.90 Å². The number of nitrogens with one attached hydrogen (secondary N) is 1. The second kappa shape index (κ2) is 9.54. The molecule has 6 heteroatoms. The number of nitrogens with zero attached hydrogens (tertiary/aromatic N) is 3. The van der Waals surface area contributed by atoms with Crippen molar-refractivity contribution >= 4 is 23.1 Å². The van der Waals surface area contributed by atoms with E-state index in [4.69, 9.17) is 4.74 Å². The lowest BCUT2D eigenvalue weighted by Gasteiger charge is -2.36. The smallest absolute Gasteiger partial charge is 0.321 e. The molecule has 1 fully saturated rings. The summed E-state index contributed by atoms with van der Waals surface area (Å²) in [5.74, 6) is 0.877. The number of rotatable bonds is 6. The van der Waals surface area contributed by atoms with Gasteiger partial charge in [-0.15, -0.1) is 0 Å². The Morgan fingerprint density at radius 2 is 1.69 bits per heavy atom. The van der Waals surface area contributed by atoms with E-state index in [0.29, 0.717) is 13.1 Å². The van der Waals surface area contributed by atoms with Crippen LogP contribution in [0.5, 0.6) is 5.75 Å². The molecule has 1 aliphatic heterocycles. The summed E-state index contributed by atoms with van der Waals surface area (Å²) in [6, 6.07) is 14.2. The first kappa shape index (κ1) is 20.8. The standard InChI is InChI=1S/C23H32N4O2/c1-5-25(6-2)20-10-8-19(9-11-20)24-23(28)27-15-13-26(14-16-27)21-17-18(3)7-12-22(21)29-4/h7-12,17H,5-6,13-16H2,1-4H3,(H,24,28). The molecule has 1 N–H and O–H groups in total. The number of anilines is 3. The minimum Gasteiger partial charge on any atom is -0.495 e. The maximum atomic E-state index is 12.7. The van der Waals surface area contributed by atoms with Crippen LogP contribution in [0.4, 0.5) is 21.9 Å². The van der Waals surface area contributed by atoms with Crippen LogP contribution in [0.3, 0.4) is 0 Å². The molecule has 0 bridgehead atoms. The minimum atomic E-state index is -0.0450. The van der Waals surface area contributed by atoms with Gasteiger partial charge in [-0.2, -0.15) is 0 Å². The number of methoxy groups -OCH3 is 1. The quantitative estimate of drug-likeness (QED) is 0.795. The van der Waals surface area contributed by atoms with E-state index in [9.17, 15) is 4.79 Å². The van der Waals surface area contributed by atoms with Crippen molar-refractivity contribution in [3.05, 3.63) is 48.0 Å². The predicted molar refractivity (Wildman–Crippen MR) is 121 cm³/mol. The molecule has 0 unspecified atom stereocenters. The van der Waals surface area contributed by atoms with Crippen molar-refractivity contribution in [1.29, 1.82) is 0 Å². The first-order chi connectivity index (χ1) is 14.0. The van der Waals surface area contributed by atoms with Crippen LogP contribution in [0, 0.1) is 6.92 Å². The van der Waals surface area contributed by atoms with Gasteiger partial charge in [0, 0.05) is 50.6 Å². The SMILES string of the molecule is CCN(CC)c1ccc(NC(=O)N2CCN(c3cc(C)ccc3OC)CC2)cc1. The number of aryl methyl sites for hydroxylation is 1. The molecule has 0 spiro atoms. The van der Waals surface area contributed by atoms with Gasteiger partial charge in [0.2, 0.25) is 0 Å². The molecule has 0 aromatic heterocycles. The zero-order valence-electron chi connectivity index (χ0n) is 17.9. The molecule has 3 rings (SSSR count). The van der Waals surface area contributed by atoms with Gasteiger partial charge in [-0.25, -0.2) is 4.79 Å². The maximum absolute atomic E-state index is 12.7. The largest absolute Gasteiger partial charge is 0.495 e. The number of ether oxygens (including phenoxy) is 1. The van der Waals surface area contributed by atoms with Gasteiger partial charge in [0.25, 0.3) is 0 Å². The number of hydrogen-bond acceptors (Lipinski definition) is 4. The molecular weight excluding hydrogens is 364 g/mol. The molecule has 0 saturated carbocycles. The normalized spacial score (nSPS) is 13.9. The van der Waals surface area contributed by atoms with Gasteiger partial charge in [-0.1, -0.05) is 6.07 Å². The fourth-order valence-electron chi connectivity index (χ4n) is 3.74. The van der Waals surface area contributed by atoms with E-state index in [1.165, 1.54) is 11.3 Å². The van der Waals surface area contributed by atoms with E-state index < -0.39 is 0 Å². The number of carbonyl (C=O) groups is 1. The lowest BCUT2D eigenvalue weighted by Crippen LogP contribution is -2.50. The molecule has 29 heavy (non-hydrogen) atoms. The zero-order chi connectivity index (χ0) is 20.8. The fourth-order valence-corrected chi connectivity index (χ4v) is 3.74. The Morgan fingerprint density at radius 3 is 2.28 bits per heavy atom. The molecular formula is C23H32N4O2. The van der Waals surface area contributed by atoms with Gasteiger partial charge in [0.05, 0.1) is 12.8 Å². The molecule has 0 aliphatic carbocycles. The van der Waals surface area contributed by atoms with Crippen LogP contribution in [-0.2, 0) is 0 Å². The summed E-state index contributed by atoms with van der Waals surface area (Å²) in [6.45, 7) is 11.2. The van der Waals surface area contributed by atoms with E-state index in [0.717, 1.165) is 43.3 Å². The van der Waals surface area contributed by atoms with Gasteiger partial charge >= 0.3 is 6.03 Å². The van der Waals surface area contributed by atoms with Crippen LogP contribution in [0.1, 0.15) is 19.4 Å². The maximum Gasteiger partial charge on any atom is 0.321 e. The fraction of sp³-hybridized carbons (Fsp3) is 0.435. The van der Waals surface area contributed by atoms with Crippen LogP contribution in [0.15, 0.2) is 42.5 Å². The molecule has 2 aromatic rings. The monoisotopic (exact) mass is 396 g/mol. The van der Waals surface area contributed by atoms with Crippen molar-refractivity contribution in [2.45, 2.75) is 20.8 Å². The Labute approximate surface area is 174 Å². The highest BCUT2D eigenvalue weighted by Crippen LogP contribution is 2.30. The summed E-state index contributed by atoms with van der Waals surface area (Å²) in [5.41, 5.74) is 4.30. The number of amides is 2. The molecule has 1 heterocycles. The van der Waals surface area contributed by atoms with Crippen LogP contribution >= 0.6 is 0 Å². The van der Waals surface area contributed by atoms with E-state index in [1.54, 1.807) is 7.11 Å². The molecule has 2 amide bonds. The Morgan fingerprint density at radius 1 is 1.03 bits per heavy atom. The number of benzene rings is 2. The molecule has 1 saturated heterocycles. The number of piperazine rings is 1. The molecule has 2 aromatic carbocycles. The number of carbonyl (C=O) groups excluding carboxylic acids is 1. The summed E-state index contributed by atoms with van der Waals surface area (Å²) in [6.07, 6.45) is 0. The van der Waals surface area contributed by atoms with E-state index in [1.807, 2.05) is 23.1 Å². The third-order valence-corrected chi connectivity index (χ3v) is 5.49. The highest BCUT2D eigenvalue weighted by atomic mass is 16.5. The third-order valence-electron chi connectivity index (χ3n) is 5.49. The van der Waals surface area contributed by atoms with Crippen LogP contribution in [-0.4, -0.2) is 57.3 Å². The number of urea groups is 1. The van der Waals surface area contributed by atoms with Crippen molar-refractivity contribution in [2.24, 2.45) is 0 Å². The van der Waals surface area contributed by atoms with E-state index >= 15 is 0 Å². The van der Waals surface area contributed by atoms with Crippen LogP contribution in [0.2, 0.25) is 0 Å². The summed E-state index contributed by atoms with van der Waals surface area (Å²) in [4.78, 5) is 19.1. The third kappa shape index (κ3) is 4.94. The van der Waals surface area contributed by atoms with Gasteiger partial charge in [0.15, 0.2) is 0 Å². The first-order valence-electron chi connectivity index (χ1n) is 10.4. The van der Waals surface area contributed by atoms with Crippen molar-refractivity contribution in [3.63, 3.8) is 0 Å². The first-order valence-corrected chi connectivity index (χ1v) is 10.4. The molecule has 0 radical (unpaired) electrons. The Balaban J connectivity index is 1.57. The lowest BCUT2D eigenvalue weighted by molar-refractivity contribution is 0.208. The number of hydrogen-bond donors (Lipinski definition) is 1. The Kier molecular flexibility index (Phi) is 6.86. The zero-order valence-corrected chi connectivity index (χ0v) is 17.9. The molecule has 156 valence electrons. The predicted octanol–water partition coefficient (Wildman–Crippen LogP) is 4.20. The van der Waals surface area contributed by atoms with Gasteiger partial charge in [-0.05, 0) is 62.7 Å². The van der Waals surface area contributed by atoms with Crippen LogP contribution in [0.25, 0.3) is 0 Å². The van der Waals surface area contributed by atoms with Crippen molar-refractivity contribution < 1.29 is 9.53 Å². The second-order valence-corrected chi connectivity index (χ2v) is 7.30. The molecule has 1 aliphatic rings. The van der Waals surface area contributed by atoms with Gasteiger partial charge in [0.1, 0.15) is 5.75 Å². The molecule has 0 atom stereocenters. The molecule has 6 nitrogen and oxygen atoms in total. The highest BCUT2D eigenvalue weighted by Gasteiger charge is 2.23. The summed E-state index contributed by atoms with van der Waals surface area (Å²) < 4.78 is 5.51. The van der Waals surface area contributed by atoms with E-state index in [2.05, 4.69) is 60.2 Å². The topological polar surface area (TPSA) is 48.1 Å². The summed E-state index contributed by atoms with van der Waals surface area (Å²) >= 11 is 0. The lowest BCUT2D eigenvalue weighted by atomic mass is 10.1. The van der Waals surface area contributed by atoms with Crippen molar-refractivity contribution in [3.8, 4) is 5.75 Å². The minimum absolute atomic E-state index is 0.0450. The Hall–Kier alpha value is -2.89. The summed E-state index contributed by atoms with van der Waals surface area (Å²) in [7, 11) is 1.70. The second-order valence-electron chi connectivity index (χ2n) is 7.30. The van der Waals surface area contributed by atoms with Gasteiger partial charge < -0.3 is 24.8 Å². The summed E-state index contributed by atoms with van der Waals surface area (Å²) in [5, 5.41) is 3.03. The van der Waals surface area contributed by atoms with Crippen molar-refractivity contribution in [2.75, 3.05) is 61.5 Å². The van der Waals surface area contributed by atoms with Crippen LogP contribution < -0.4 is 19.9 Å². The average molecular weight is 397 g/mol. The van der Waals surface area contributed by atoms with E-state index in [-0.39, 0.29) is 6.03 Å². The average Bonchev–Trinajstić information content (AvgIpc) is 2.76.